The van der Waals surface area contributed by atoms with Crippen LogP contribution in [0.1, 0.15) is 132 Å². The number of fused-ring (bicyclic) bond motifs is 16. The minimum atomic E-state index is -0.130. The summed E-state index contributed by atoms with van der Waals surface area (Å²) in [6.45, 7) is 19.0. The van der Waals surface area contributed by atoms with Crippen LogP contribution in [-0.4, -0.2) is 18.8 Å². The zero-order valence-corrected chi connectivity index (χ0v) is 42.5. The summed E-state index contributed by atoms with van der Waals surface area (Å²) in [4.78, 5) is 11.2. The molecule has 0 amide bonds. The third-order valence-electron chi connectivity index (χ3n) is 18.2. The Morgan fingerprint density at radius 3 is 1.55 bits per heavy atom. The van der Waals surface area contributed by atoms with Crippen LogP contribution in [0.15, 0.2) is 182 Å². The van der Waals surface area contributed by atoms with Gasteiger partial charge in [-0.25, -0.2) is 0 Å². The quantitative estimate of drug-likeness (QED) is 0.164. The topological polar surface area (TPSA) is 34.6 Å². The highest BCUT2D eigenvalue weighted by molar-refractivity contribution is 6.34. The Hall–Kier alpha value is -8.34. The Kier molecular flexibility index (Phi) is 7.58. The molecule has 0 radical (unpaired) electrons. The molecule has 4 bridgehead atoms. The smallest absolute Gasteiger partial charge is 0.0728 e. The first-order valence-electron chi connectivity index (χ1n) is 26.6. The molecule has 74 heavy (non-hydrogen) atoms. The van der Waals surface area contributed by atoms with Gasteiger partial charge in [-0.2, -0.15) is 0 Å². The standard InChI is InChI=1S/C70H52N4/c1-36-19-11-12-28-46-40-22-13-14-23-41(40)55(36)62-60-51-32-39(70(5,6)7)31-49-59-52(73(67(49)51)53(60)34-71-64(46)62)33-48-47-29-38(69(2,3)4)30-50-61-54(74(66(47)50)68(48)56(59)37-20-9-8-10-21-37)35-72-65-58-44-26-17-15-24-42(44)57(63(61)65)43-25-16-18-27-45(43)58/h8-35,46,55,57-58H,1H2,2-7H3/b19-11-,28-12-. The molecule has 0 fully saturated rings. The summed E-state index contributed by atoms with van der Waals surface area (Å²) >= 11 is 0. The van der Waals surface area contributed by atoms with Crippen molar-refractivity contribution in [2.45, 2.75) is 76.0 Å². The van der Waals surface area contributed by atoms with E-state index in [0.29, 0.717) is 0 Å². The molecule has 352 valence electrons. The van der Waals surface area contributed by atoms with Gasteiger partial charge in [-0.3, -0.25) is 9.97 Å². The minimum Gasteiger partial charge on any atom is -0.306 e. The van der Waals surface area contributed by atoms with Crippen LogP contribution in [0, 0.1) is 0 Å². The van der Waals surface area contributed by atoms with Crippen molar-refractivity contribution >= 4 is 76.2 Å². The summed E-state index contributed by atoms with van der Waals surface area (Å²) in [6, 6.07) is 51.2. The van der Waals surface area contributed by atoms with Crippen LogP contribution in [0.5, 0.6) is 0 Å². The van der Waals surface area contributed by atoms with Gasteiger partial charge < -0.3 is 8.80 Å². The number of rotatable bonds is 1. The predicted octanol–water partition coefficient (Wildman–Crippen LogP) is 17.3. The first-order chi connectivity index (χ1) is 36.0. The van der Waals surface area contributed by atoms with E-state index in [1.54, 1.807) is 0 Å². The molecule has 0 spiro atoms. The fourth-order valence-corrected chi connectivity index (χ4v) is 15.0. The van der Waals surface area contributed by atoms with Gasteiger partial charge in [0.1, 0.15) is 0 Å². The van der Waals surface area contributed by atoms with E-state index in [1.807, 2.05) is 0 Å². The molecule has 4 nitrogen and oxygen atoms in total. The maximum absolute atomic E-state index is 5.64. The maximum Gasteiger partial charge on any atom is 0.0728 e. The zero-order chi connectivity index (χ0) is 49.4. The van der Waals surface area contributed by atoms with Crippen molar-refractivity contribution in [2.75, 3.05) is 0 Å². The van der Waals surface area contributed by atoms with Gasteiger partial charge in [-0.05, 0) is 108 Å². The highest BCUT2D eigenvalue weighted by Crippen LogP contribution is 2.60. The summed E-state index contributed by atoms with van der Waals surface area (Å²) in [5.74, 6) is 0.176. The molecule has 0 saturated carbocycles. The van der Waals surface area contributed by atoms with Crippen molar-refractivity contribution in [2.24, 2.45) is 0 Å². The predicted molar refractivity (Wildman–Crippen MR) is 307 cm³/mol. The molecular weight excluding hydrogens is 897 g/mol. The number of benzene rings is 7. The number of nitrogens with zero attached hydrogens (tertiary/aromatic N) is 4. The molecule has 5 aliphatic carbocycles. The van der Waals surface area contributed by atoms with Gasteiger partial charge in [-0.1, -0.05) is 176 Å². The van der Waals surface area contributed by atoms with E-state index in [4.69, 9.17) is 16.5 Å². The lowest BCUT2D eigenvalue weighted by Crippen LogP contribution is -2.28. The Morgan fingerprint density at radius 2 is 0.932 bits per heavy atom. The van der Waals surface area contributed by atoms with Crippen LogP contribution < -0.4 is 0 Å². The second-order valence-electron chi connectivity index (χ2n) is 24.0. The van der Waals surface area contributed by atoms with Crippen LogP contribution in [-0.2, 0) is 10.8 Å². The fourth-order valence-electron chi connectivity index (χ4n) is 15.0. The lowest BCUT2D eigenvalue weighted by atomic mass is 9.62. The number of hydrogen-bond acceptors (Lipinski definition) is 2. The number of aromatic nitrogens is 4. The highest BCUT2D eigenvalue weighted by atomic mass is 15.0. The molecule has 7 aromatic carbocycles. The van der Waals surface area contributed by atoms with Gasteiger partial charge >= 0.3 is 0 Å². The molecule has 6 heterocycles. The summed E-state index contributed by atoms with van der Waals surface area (Å²) in [5, 5.41) is 10.4. The highest BCUT2D eigenvalue weighted by Gasteiger charge is 2.45. The van der Waals surface area contributed by atoms with Crippen molar-refractivity contribution in [1.82, 2.24) is 18.8 Å². The summed E-state index contributed by atoms with van der Waals surface area (Å²) in [5.41, 5.74) is 26.5. The summed E-state index contributed by atoms with van der Waals surface area (Å²) < 4.78 is 5.24. The molecule has 2 unspecified atom stereocenters. The normalized spacial score (nSPS) is 19.7. The van der Waals surface area contributed by atoms with Gasteiger partial charge in [-0.15, -0.1) is 0 Å². The Morgan fingerprint density at radius 1 is 0.446 bits per heavy atom. The Labute approximate surface area is 429 Å². The molecule has 0 saturated heterocycles. The van der Waals surface area contributed by atoms with Crippen molar-refractivity contribution in [3.05, 3.63) is 249 Å². The zero-order valence-electron chi connectivity index (χ0n) is 42.5. The second-order valence-corrected chi connectivity index (χ2v) is 24.0. The average Bonchev–Trinajstić information content (AvgIpc) is 4.34. The SMILES string of the molecule is C=C1/C=C\C=C/C2c3ccccc3C1c1c2ncc2c1c1cc(C(C)(C)C)cc3c4c(-c5ccccc5)c5c(cc4n2c13)c1cc(C(C)(C)C)cc2c3c4c(ncc3n5c12)C1c2ccccc2C4c2ccccc21. The third kappa shape index (κ3) is 4.91. The molecule has 0 aliphatic heterocycles. The monoisotopic (exact) mass is 948 g/mol. The van der Waals surface area contributed by atoms with Crippen LogP contribution >= 0.6 is 0 Å². The van der Waals surface area contributed by atoms with E-state index in [9.17, 15) is 0 Å². The first kappa shape index (κ1) is 41.2. The van der Waals surface area contributed by atoms with E-state index in [2.05, 4.69) is 221 Å². The Balaban J connectivity index is 1.08. The van der Waals surface area contributed by atoms with Crippen LogP contribution in [0.25, 0.3) is 87.3 Å². The molecule has 2 atom stereocenters. The number of hydrogen-bond donors (Lipinski definition) is 0. The van der Waals surface area contributed by atoms with Gasteiger partial charge in [0.25, 0.3) is 0 Å². The van der Waals surface area contributed by atoms with Crippen LogP contribution in [0.4, 0.5) is 0 Å². The second kappa shape index (κ2) is 13.6. The number of allylic oxidation sites excluding steroid dienone is 5. The van der Waals surface area contributed by atoms with E-state index < -0.39 is 0 Å². The van der Waals surface area contributed by atoms with Gasteiger partial charge in [0.15, 0.2) is 0 Å². The molecule has 13 aromatic rings. The molecule has 5 aliphatic rings. The first-order valence-corrected chi connectivity index (χ1v) is 26.6. The van der Waals surface area contributed by atoms with Gasteiger partial charge in [0.05, 0.1) is 62.8 Å². The molecule has 4 heteroatoms. The van der Waals surface area contributed by atoms with Crippen molar-refractivity contribution < 1.29 is 0 Å². The average molecular weight is 949 g/mol. The minimum absolute atomic E-state index is 0.0334. The van der Waals surface area contributed by atoms with Crippen molar-refractivity contribution in [3.63, 3.8) is 0 Å². The van der Waals surface area contributed by atoms with Crippen LogP contribution in [0.3, 0.4) is 0 Å². The van der Waals surface area contributed by atoms with E-state index in [-0.39, 0.29) is 34.5 Å². The Bertz CT molecular complexity index is 4720. The van der Waals surface area contributed by atoms with Gasteiger partial charge in [0.2, 0.25) is 0 Å². The largest absolute Gasteiger partial charge is 0.306 e. The summed E-state index contributed by atoms with van der Waals surface area (Å²) in [7, 11) is 0. The van der Waals surface area contributed by atoms with E-state index in [0.717, 1.165) is 16.8 Å². The van der Waals surface area contributed by atoms with Crippen LogP contribution in [0.2, 0.25) is 0 Å². The molecule has 6 aromatic heterocycles. The van der Waals surface area contributed by atoms with E-state index >= 15 is 0 Å². The summed E-state index contributed by atoms with van der Waals surface area (Å²) in [6.07, 6.45) is 13.3. The number of pyridine rings is 2. The lowest BCUT2D eigenvalue weighted by molar-refractivity contribution is 0.591. The fraction of sp³-hybridized carbons (Fsp3) is 0.171. The molecule has 18 rings (SSSR count). The van der Waals surface area contributed by atoms with Gasteiger partial charge in [0, 0.05) is 66.4 Å². The molecule has 0 N–H and O–H groups in total. The van der Waals surface area contributed by atoms with Crippen molar-refractivity contribution in [1.29, 1.82) is 0 Å². The maximum atomic E-state index is 5.64. The van der Waals surface area contributed by atoms with E-state index in [1.165, 1.54) is 143 Å². The third-order valence-corrected chi connectivity index (χ3v) is 18.2. The lowest BCUT2D eigenvalue weighted by Gasteiger charge is -2.41. The van der Waals surface area contributed by atoms with Crippen molar-refractivity contribution in [3.8, 4) is 11.1 Å². The molecular formula is C70H52N4.